The summed E-state index contributed by atoms with van der Waals surface area (Å²) in [6.45, 7) is -1.38. The molecule has 37 heavy (non-hydrogen) atoms. The first-order valence-corrected chi connectivity index (χ1v) is 13.2. The number of nitrogens with one attached hydrogen (secondary N) is 2. The number of hydrogen-bond acceptors (Lipinski definition) is 3. The van der Waals surface area contributed by atoms with Crippen molar-refractivity contribution in [1.29, 1.82) is 0 Å². The number of halogens is 6. The van der Waals surface area contributed by atoms with E-state index < -0.39 is 24.5 Å². The Morgan fingerprint density at radius 3 is 2.41 bits per heavy atom. The lowest BCUT2D eigenvalue weighted by Gasteiger charge is -2.24. The van der Waals surface area contributed by atoms with E-state index in [9.17, 15) is 26.3 Å². The standard InChI is InChI=1S/C27H27F6N3S/c1-37-20-12-13-24(22(16-20)27(31,32)33)34-14-6-9-19-15-21-23(35-18-7-3-2-4-8-18)10-5-11-25(21)36(19)17-26(28,29)30/h5,10-13,15-16,18,34-35H,2-4,7-8,14,17H2,1H3. The number of anilines is 2. The molecule has 1 aliphatic rings. The van der Waals surface area contributed by atoms with Gasteiger partial charge in [-0.25, -0.2) is 0 Å². The van der Waals surface area contributed by atoms with Crippen molar-refractivity contribution in [2.45, 2.75) is 61.9 Å². The Morgan fingerprint density at radius 2 is 1.73 bits per heavy atom. The molecule has 0 aliphatic heterocycles. The van der Waals surface area contributed by atoms with Crippen molar-refractivity contribution in [2.75, 3.05) is 23.4 Å². The van der Waals surface area contributed by atoms with Crippen LogP contribution in [0.1, 0.15) is 43.4 Å². The minimum atomic E-state index is -4.55. The lowest BCUT2D eigenvalue weighted by atomic mass is 9.95. The molecule has 2 N–H and O–H groups in total. The predicted molar refractivity (Wildman–Crippen MR) is 137 cm³/mol. The van der Waals surface area contributed by atoms with Crippen molar-refractivity contribution in [3.63, 3.8) is 0 Å². The fourth-order valence-electron chi connectivity index (χ4n) is 4.64. The van der Waals surface area contributed by atoms with Crippen LogP contribution in [-0.2, 0) is 12.7 Å². The largest absolute Gasteiger partial charge is 0.418 e. The van der Waals surface area contributed by atoms with Gasteiger partial charge >= 0.3 is 12.4 Å². The summed E-state index contributed by atoms with van der Waals surface area (Å²) in [6.07, 6.45) is -1.90. The maximum absolute atomic E-state index is 13.5. The van der Waals surface area contributed by atoms with Gasteiger partial charge in [0.2, 0.25) is 0 Å². The van der Waals surface area contributed by atoms with E-state index in [2.05, 4.69) is 22.5 Å². The molecule has 198 valence electrons. The fraction of sp³-hybridized carbons (Fsp3) is 0.407. The van der Waals surface area contributed by atoms with E-state index in [4.69, 9.17) is 0 Å². The lowest BCUT2D eigenvalue weighted by Crippen LogP contribution is -2.22. The van der Waals surface area contributed by atoms with Crippen molar-refractivity contribution in [2.24, 2.45) is 0 Å². The van der Waals surface area contributed by atoms with Crippen molar-refractivity contribution in [1.82, 2.24) is 4.57 Å². The number of hydrogen-bond donors (Lipinski definition) is 2. The molecule has 0 bridgehead atoms. The first-order valence-electron chi connectivity index (χ1n) is 12.0. The normalized spacial score (nSPS) is 14.9. The monoisotopic (exact) mass is 539 g/mol. The van der Waals surface area contributed by atoms with Gasteiger partial charge in [-0.3, -0.25) is 0 Å². The summed E-state index contributed by atoms with van der Waals surface area (Å²) >= 11 is 1.20. The number of thioether (sulfide) groups is 1. The molecule has 0 saturated heterocycles. The van der Waals surface area contributed by atoms with Crippen molar-refractivity contribution < 1.29 is 26.3 Å². The van der Waals surface area contributed by atoms with Crippen LogP contribution in [0, 0.1) is 11.8 Å². The predicted octanol–water partition coefficient (Wildman–Crippen LogP) is 8.15. The summed E-state index contributed by atoms with van der Waals surface area (Å²) in [7, 11) is 0. The smallest absolute Gasteiger partial charge is 0.382 e. The van der Waals surface area contributed by atoms with Gasteiger partial charge in [0.25, 0.3) is 0 Å². The summed E-state index contributed by atoms with van der Waals surface area (Å²) < 4.78 is 81.8. The number of aromatic nitrogens is 1. The SMILES string of the molecule is CSc1ccc(NCC#Cc2cc3c(NC4CCCCC4)cccc3n2CC(F)(F)F)c(C(F)(F)F)c1. The summed E-state index contributed by atoms with van der Waals surface area (Å²) in [6, 6.07) is 11.0. The zero-order chi connectivity index (χ0) is 26.6. The Balaban J connectivity index is 1.61. The number of rotatable bonds is 6. The van der Waals surface area contributed by atoms with E-state index in [-0.39, 0.29) is 24.0 Å². The summed E-state index contributed by atoms with van der Waals surface area (Å²) in [5, 5.41) is 6.78. The Hall–Kier alpha value is -2.93. The molecule has 1 aromatic heterocycles. The van der Waals surface area contributed by atoms with Crippen LogP contribution in [0.15, 0.2) is 47.4 Å². The molecule has 0 amide bonds. The van der Waals surface area contributed by atoms with E-state index in [1.807, 2.05) is 6.07 Å². The fourth-order valence-corrected chi connectivity index (χ4v) is 5.08. The zero-order valence-electron chi connectivity index (χ0n) is 20.2. The van der Waals surface area contributed by atoms with Gasteiger partial charge in [0.15, 0.2) is 0 Å². The third-order valence-corrected chi connectivity index (χ3v) is 7.09. The van der Waals surface area contributed by atoms with E-state index in [0.29, 0.717) is 15.8 Å². The zero-order valence-corrected chi connectivity index (χ0v) is 21.0. The van der Waals surface area contributed by atoms with Gasteiger partial charge < -0.3 is 15.2 Å². The summed E-state index contributed by atoms with van der Waals surface area (Å²) in [5.41, 5.74) is 0.374. The van der Waals surface area contributed by atoms with E-state index in [1.165, 1.54) is 24.2 Å². The highest BCUT2D eigenvalue weighted by Gasteiger charge is 2.34. The van der Waals surface area contributed by atoms with Crippen LogP contribution in [-0.4, -0.2) is 29.6 Å². The van der Waals surface area contributed by atoms with Crippen LogP contribution in [0.4, 0.5) is 37.7 Å². The second-order valence-electron chi connectivity index (χ2n) is 9.01. The second kappa shape index (κ2) is 11.2. The lowest BCUT2D eigenvalue weighted by molar-refractivity contribution is -0.140. The summed E-state index contributed by atoms with van der Waals surface area (Å²) in [4.78, 5) is 0.471. The molecule has 1 heterocycles. The molecule has 10 heteroatoms. The third-order valence-electron chi connectivity index (χ3n) is 6.36. The number of nitrogens with zero attached hydrogens (tertiary/aromatic N) is 1. The van der Waals surface area contributed by atoms with Gasteiger partial charge in [-0.15, -0.1) is 11.8 Å². The molecule has 4 rings (SSSR count). The first-order chi connectivity index (χ1) is 17.5. The van der Waals surface area contributed by atoms with Crippen LogP contribution >= 0.6 is 11.8 Å². The molecule has 1 saturated carbocycles. The van der Waals surface area contributed by atoms with Crippen molar-refractivity contribution in [3.05, 3.63) is 53.7 Å². The second-order valence-corrected chi connectivity index (χ2v) is 9.89. The molecule has 0 radical (unpaired) electrons. The Labute approximate surface area is 216 Å². The van der Waals surface area contributed by atoms with Crippen molar-refractivity contribution >= 4 is 34.0 Å². The maximum atomic E-state index is 13.5. The molecule has 1 fully saturated rings. The number of benzene rings is 2. The van der Waals surface area contributed by atoms with Crippen LogP contribution < -0.4 is 10.6 Å². The molecule has 2 aromatic carbocycles. The minimum Gasteiger partial charge on any atom is -0.382 e. The van der Waals surface area contributed by atoms with E-state index in [1.54, 1.807) is 30.5 Å². The number of fused-ring (bicyclic) bond motifs is 1. The highest BCUT2D eigenvalue weighted by molar-refractivity contribution is 7.98. The number of alkyl halides is 6. The average Bonchev–Trinajstić information content (AvgIpc) is 3.18. The molecule has 0 spiro atoms. The first kappa shape index (κ1) is 27.1. The molecule has 0 unspecified atom stereocenters. The maximum Gasteiger partial charge on any atom is 0.418 e. The molecule has 1 aliphatic carbocycles. The average molecular weight is 540 g/mol. The van der Waals surface area contributed by atoms with Gasteiger partial charge in [0, 0.05) is 27.7 Å². The third kappa shape index (κ3) is 6.89. The van der Waals surface area contributed by atoms with Crippen LogP contribution in [0.2, 0.25) is 0 Å². The molecule has 0 atom stereocenters. The Bertz CT molecular complexity index is 1290. The van der Waals surface area contributed by atoms with Crippen molar-refractivity contribution in [3.8, 4) is 11.8 Å². The van der Waals surface area contributed by atoms with E-state index >= 15 is 0 Å². The van der Waals surface area contributed by atoms with Gasteiger partial charge in [0.1, 0.15) is 6.54 Å². The molecule has 3 aromatic rings. The van der Waals surface area contributed by atoms with Gasteiger partial charge in [-0.05, 0) is 61.4 Å². The minimum absolute atomic E-state index is 0.130. The molecular formula is C27H27F6N3S. The van der Waals surface area contributed by atoms with Gasteiger partial charge in [-0.1, -0.05) is 31.2 Å². The molecule has 3 nitrogen and oxygen atoms in total. The Morgan fingerprint density at radius 1 is 0.973 bits per heavy atom. The topological polar surface area (TPSA) is 29.0 Å². The highest BCUT2D eigenvalue weighted by atomic mass is 32.2. The van der Waals surface area contributed by atoms with Gasteiger partial charge in [-0.2, -0.15) is 26.3 Å². The van der Waals surface area contributed by atoms with E-state index in [0.717, 1.165) is 42.0 Å². The summed E-state index contributed by atoms with van der Waals surface area (Å²) in [5.74, 6) is 5.45. The molecular weight excluding hydrogens is 512 g/mol. The van der Waals surface area contributed by atoms with Gasteiger partial charge in [0.05, 0.1) is 23.3 Å². The highest BCUT2D eigenvalue weighted by Crippen LogP contribution is 2.37. The quantitative estimate of drug-likeness (QED) is 0.188. The van der Waals surface area contributed by atoms with Crippen LogP contribution in [0.3, 0.4) is 0 Å². The Kier molecular flexibility index (Phi) is 8.22. The van der Waals surface area contributed by atoms with Crippen LogP contribution in [0.5, 0.6) is 0 Å². The van der Waals surface area contributed by atoms with Crippen LogP contribution in [0.25, 0.3) is 10.9 Å².